The van der Waals surface area contributed by atoms with E-state index in [-0.39, 0.29) is 16.8 Å². The molecule has 35 heavy (non-hydrogen) atoms. The maximum atomic E-state index is 12.1. The Labute approximate surface area is 201 Å². The number of non-ortho nitro benzene ring substituents is 1. The molecular weight excluding hydrogens is 482 g/mol. The largest absolute Gasteiger partial charge is 0.456 e. The van der Waals surface area contributed by atoms with E-state index < -0.39 is 35.7 Å². The van der Waals surface area contributed by atoms with Crippen molar-refractivity contribution in [2.75, 3.05) is 11.9 Å². The predicted molar refractivity (Wildman–Crippen MR) is 125 cm³/mol. The Hall–Kier alpha value is -4.64. The van der Waals surface area contributed by atoms with Gasteiger partial charge in [0.1, 0.15) is 18.0 Å². The molecule has 0 radical (unpaired) electrons. The second-order valence-corrected chi connectivity index (χ2v) is 7.54. The number of fused-ring (bicyclic) bond motifs is 1. The van der Waals surface area contributed by atoms with Crippen LogP contribution in [0.4, 0.5) is 11.4 Å². The zero-order valence-corrected chi connectivity index (χ0v) is 18.6. The second kappa shape index (κ2) is 10.1. The fraction of sp³-hybridized carbons (Fsp3) is 0.0870. The molecule has 1 amide bonds. The van der Waals surface area contributed by atoms with E-state index in [1.165, 1.54) is 12.1 Å². The number of rotatable bonds is 8. The lowest BCUT2D eigenvalue weighted by Crippen LogP contribution is -2.25. The molecule has 11 nitrogen and oxygen atoms in total. The topological polar surface area (TPSA) is 143 Å². The molecule has 0 unspecified atom stereocenters. The molecule has 1 aromatic heterocycles. The highest BCUT2D eigenvalue weighted by atomic mass is 35.5. The molecule has 0 bridgehead atoms. The number of oxazole rings is 1. The molecule has 4 rings (SSSR count). The van der Waals surface area contributed by atoms with Crippen molar-refractivity contribution in [2.45, 2.75) is 6.54 Å². The minimum Gasteiger partial charge on any atom is -0.456 e. The van der Waals surface area contributed by atoms with Gasteiger partial charge in [-0.2, -0.15) is 0 Å². The second-order valence-electron chi connectivity index (χ2n) is 7.13. The van der Waals surface area contributed by atoms with Crippen molar-refractivity contribution < 1.29 is 28.4 Å². The average Bonchev–Trinajstić information content (AvgIpc) is 3.14. The highest BCUT2D eigenvalue weighted by Gasteiger charge is 2.17. The van der Waals surface area contributed by atoms with Gasteiger partial charge in [0, 0.05) is 11.8 Å². The number of aromatic nitrogens is 1. The number of nitrogens with zero attached hydrogens (tertiary/aromatic N) is 2. The van der Waals surface area contributed by atoms with Crippen LogP contribution in [0.3, 0.4) is 0 Å². The lowest BCUT2D eigenvalue weighted by Gasteiger charge is -2.09. The maximum Gasteiger partial charge on any atom is 0.420 e. The molecule has 1 N–H and O–H groups in total. The molecule has 0 saturated heterocycles. The van der Waals surface area contributed by atoms with Gasteiger partial charge in [0.05, 0.1) is 21.5 Å². The van der Waals surface area contributed by atoms with Crippen LogP contribution in [0.5, 0.6) is 11.5 Å². The summed E-state index contributed by atoms with van der Waals surface area (Å²) in [5, 5.41) is 13.9. The van der Waals surface area contributed by atoms with Crippen molar-refractivity contribution in [3.63, 3.8) is 0 Å². The first-order chi connectivity index (χ1) is 16.8. The van der Waals surface area contributed by atoms with Crippen molar-refractivity contribution in [1.82, 2.24) is 4.57 Å². The summed E-state index contributed by atoms with van der Waals surface area (Å²) < 4.78 is 16.5. The normalized spacial score (nSPS) is 10.7. The summed E-state index contributed by atoms with van der Waals surface area (Å²) in [4.78, 5) is 46.5. The van der Waals surface area contributed by atoms with E-state index in [0.29, 0.717) is 22.2 Å². The van der Waals surface area contributed by atoms with Crippen LogP contribution in [0.15, 0.2) is 75.9 Å². The quantitative estimate of drug-likeness (QED) is 0.217. The minimum absolute atomic E-state index is 0.0447. The van der Waals surface area contributed by atoms with E-state index >= 15 is 0 Å². The summed E-state index contributed by atoms with van der Waals surface area (Å²) in [6, 6.07) is 17.0. The summed E-state index contributed by atoms with van der Waals surface area (Å²) in [7, 11) is 0. The van der Waals surface area contributed by atoms with Crippen molar-refractivity contribution in [1.29, 1.82) is 0 Å². The summed E-state index contributed by atoms with van der Waals surface area (Å²) in [5.74, 6) is -1.36. The number of para-hydroxylation sites is 1. The molecular formula is C23H16ClN3O8. The van der Waals surface area contributed by atoms with Gasteiger partial charge in [-0.05, 0) is 42.5 Å². The molecule has 0 aliphatic heterocycles. The third-order valence-electron chi connectivity index (χ3n) is 4.72. The molecule has 1 heterocycles. The number of halogens is 1. The molecule has 3 aromatic carbocycles. The number of hydrogen-bond donors (Lipinski definition) is 1. The number of esters is 1. The molecule has 0 aliphatic carbocycles. The Bertz CT molecular complexity index is 1480. The molecule has 12 heteroatoms. The number of carbonyl (C=O) groups is 2. The number of carbonyl (C=O) groups excluding carboxylic acids is 2. The Morgan fingerprint density at radius 3 is 2.54 bits per heavy atom. The average molecular weight is 498 g/mol. The molecule has 0 aliphatic rings. The number of anilines is 1. The van der Waals surface area contributed by atoms with Crippen LogP contribution in [0.25, 0.3) is 11.1 Å². The minimum atomic E-state index is -0.888. The first-order valence-electron chi connectivity index (χ1n) is 10.1. The predicted octanol–water partition coefficient (Wildman–Crippen LogP) is 4.13. The standard InChI is InChI=1S/C23H16ClN3O8/c24-17-3-1-2-4-19(17)34-16-8-5-14(6-9-16)25-21(28)13-33-22(29)12-26-18-10-7-15(27(31)32)11-20(18)35-23(26)30/h1-11H,12-13H2,(H,25,28). The van der Waals surface area contributed by atoms with Crippen LogP contribution in [0.1, 0.15) is 0 Å². The Morgan fingerprint density at radius 1 is 1.09 bits per heavy atom. The zero-order valence-electron chi connectivity index (χ0n) is 17.8. The molecule has 0 spiro atoms. The van der Waals surface area contributed by atoms with Gasteiger partial charge >= 0.3 is 11.7 Å². The molecule has 0 saturated carbocycles. The fourth-order valence-electron chi connectivity index (χ4n) is 3.10. The highest BCUT2D eigenvalue weighted by Crippen LogP contribution is 2.29. The number of hydrogen-bond acceptors (Lipinski definition) is 8. The lowest BCUT2D eigenvalue weighted by atomic mass is 10.3. The van der Waals surface area contributed by atoms with Gasteiger partial charge in [0.15, 0.2) is 12.2 Å². The number of nitro groups is 1. The number of amides is 1. The van der Waals surface area contributed by atoms with E-state index in [2.05, 4.69) is 5.32 Å². The summed E-state index contributed by atoms with van der Waals surface area (Å²) in [6.45, 7) is -1.13. The van der Waals surface area contributed by atoms with Crippen LogP contribution in [-0.4, -0.2) is 28.0 Å². The zero-order chi connectivity index (χ0) is 24.9. The number of nitro benzene ring substituents is 1. The van der Waals surface area contributed by atoms with Crippen LogP contribution in [-0.2, 0) is 20.9 Å². The van der Waals surface area contributed by atoms with Crippen molar-refractivity contribution >= 4 is 46.0 Å². The Morgan fingerprint density at radius 2 is 1.83 bits per heavy atom. The molecule has 4 aromatic rings. The van der Waals surface area contributed by atoms with Crippen molar-refractivity contribution in [2.24, 2.45) is 0 Å². The van der Waals surface area contributed by atoms with Gasteiger partial charge < -0.3 is 19.2 Å². The maximum absolute atomic E-state index is 12.1. The summed E-state index contributed by atoms with van der Waals surface area (Å²) in [6.07, 6.45) is 0. The SMILES string of the molecule is O=C(COC(=O)Cn1c(=O)oc2cc([N+](=O)[O-])ccc21)Nc1ccc(Oc2ccccc2Cl)cc1. The van der Waals surface area contributed by atoms with E-state index in [1.807, 2.05) is 0 Å². The van der Waals surface area contributed by atoms with E-state index in [0.717, 1.165) is 10.6 Å². The molecule has 0 fully saturated rings. The van der Waals surface area contributed by atoms with E-state index in [1.54, 1.807) is 48.5 Å². The fourth-order valence-corrected chi connectivity index (χ4v) is 3.27. The monoisotopic (exact) mass is 497 g/mol. The highest BCUT2D eigenvalue weighted by molar-refractivity contribution is 6.32. The van der Waals surface area contributed by atoms with Gasteiger partial charge in [0.2, 0.25) is 0 Å². The van der Waals surface area contributed by atoms with Gasteiger partial charge in [-0.25, -0.2) is 4.79 Å². The number of nitrogens with one attached hydrogen (secondary N) is 1. The molecule has 178 valence electrons. The third-order valence-corrected chi connectivity index (χ3v) is 5.03. The number of ether oxygens (including phenoxy) is 2. The van der Waals surface area contributed by atoms with Gasteiger partial charge in [-0.15, -0.1) is 0 Å². The summed E-state index contributed by atoms with van der Waals surface area (Å²) >= 11 is 6.06. The first-order valence-corrected chi connectivity index (χ1v) is 10.4. The Balaban J connectivity index is 1.31. The van der Waals surface area contributed by atoms with Crippen LogP contribution in [0.2, 0.25) is 5.02 Å². The first kappa shape index (κ1) is 23.5. The van der Waals surface area contributed by atoms with Gasteiger partial charge in [-0.3, -0.25) is 24.3 Å². The van der Waals surface area contributed by atoms with Crippen molar-refractivity contribution in [3.8, 4) is 11.5 Å². The molecule has 0 atom stereocenters. The van der Waals surface area contributed by atoms with Crippen LogP contribution in [0, 0.1) is 10.1 Å². The third kappa shape index (κ3) is 5.65. The van der Waals surface area contributed by atoms with Crippen LogP contribution < -0.4 is 15.8 Å². The Kier molecular flexibility index (Phi) is 6.78. The number of benzene rings is 3. The van der Waals surface area contributed by atoms with Gasteiger partial charge in [-0.1, -0.05) is 23.7 Å². The van der Waals surface area contributed by atoms with Gasteiger partial charge in [0.25, 0.3) is 11.6 Å². The van der Waals surface area contributed by atoms with E-state index in [4.69, 9.17) is 25.5 Å². The lowest BCUT2D eigenvalue weighted by molar-refractivity contribution is -0.384. The van der Waals surface area contributed by atoms with Crippen LogP contribution >= 0.6 is 11.6 Å². The van der Waals surface area contributed by atoms with Crippen molar-refractivity contribution in [3.05, 3.63) is 92.4 Å². The smallest absolute Gasteiger partial charge is 0.420 e. The summed E-state index contributed by atoms with van der Waals surface area (Å²) in [5.41, 5.74) is 0.315. The van der Waals surface area contributed by atoms with E-state index in [9.17, 15) is 24.5 Å².